The molecule has 0 saturated carbocycles. The first-order valence-electron chi connectivity index (χ1n) is 3.70. The van der Waals surface area contributed by atoms with Crippen LogP contribution in [0.25, 0.3) is 0 Å². The molecule has 0 unspecified atom stereocenters. The molecule has 0 amide bonds. The van der Waals surface area contributed by atoms with E-state index in [0.717, 1.165) is 6.92 Å². The van der Waals surface area contributed by atoms with E-state index in [0.29, 0.717) is 0 Å². The Hall–Kier alpha value is -0.330. The van der Waals surface area contributed by atoms with Crippen molar-refractivity contribution in [2.75, 3.05) is 0 Å². The molecule has 0 aromatic heterocycles. The molecule has 0 heterocycles. The maximum Gasteiger partial charge on any atom is 0.119 e. The third kappa shape index (κ3) is 3.67. The van der Waals surface area contributed by atoms with Gasteiger partial charge < -0.3 is 4.79 Å². The van der Waals surface area contributed by atoms with Crippen LogP contribution in [0.15, 0.2) is 0 Å². The van der Waals surface area contributed by atoms with Crippen LogP contribution in [-0.4, -0.2) is 6.26 Å². The Balaban J connectivity index is 4.57. The molecule has 0 bridgehead atoms. The SMILES string of the molecule is [2H]C(=O)C([2H])([2H])C([2H])([2H])C. The lowest BCUT2D eigenvalue weighted by atomic mass is 10.4. The van der Waals surface area contributed by atoms with Crippen molar-refractivity contribution in [2.45, 2.75) is 19.7 Å². The molecule has 1 nitrogen and oxygen atoms in total. The van der Waals surface area contributed by atoms with Gasteiger partial charge >= 0.3 is 0 Å². The molecular formula is C4H8O. The zero-order chi connectivity index (χ0) is 8.58. The predicted molar refractivity (Wildman–Crippen MR) is 21.0 cm³/mol. The van der Waals surface area contributed by atoms with Crippen molar-refractivity contribution in [3.05, 3.63) is 0 Å². The summed E-state index contributed by atoms with van der Waals surface area (Å²) in [6, 6.07) is 0. The molecule has 0 aliphatic rings. The minimum Gasteiger partial charge on any atom is -0.303 e. The summed E-state index contributed by atoms with van der Waals surface area (Å²) in [6.45, 7) is 0.930. The Morgan fingerprint density at radius 1 is 2.40 bits per heavy atom. The molecule has 0 rings (SSSR count). The van der Waals surface area contributed by atoms with Crippen molar-refractivity contribution >= 4 is 6.26 Å². The quantitative estimate of drug-likeness (QED) is 0.449. The van der Waals surface area contributed by atoms with Crippen LogP contribution < -0.4 is 0 Å². The monoisotopic (exact) mass is 77.1 g/mol. The second-order valence-corrected chi connectivity index (χ2v) is 0.477. The fraction of sp³-hybridized carbons (Fsp3) is 0.750. The fourth-order valence-electron chi connectivity index (χ4n) is 0.0510. The number of hydrogen-bond acceptors (Lipinski definition) is 1. The summed E-state index contributed by atoms with van der Waals surface area (Å²) < 4.78 is 33.6. The summed E-state index contributed by atoms with van der Waals surface area (Å²) in [6.07, 6.45) is -6.52. The highest BCUT2D eigenvalue weighted by Gasteiger charge is 1.66. The van der Waals surface area contributed by atoms with Crippen LogP contribution in [-0.2, 0) is 4.79 Å². The second kappa shape index (κ2) is 3.67. The number of carbonyl (C=O) groups is 1. The third-order valence-electron chi connectivity index (χ3n) is 0.176. The van der Waals surface area contributed by atoms with Gasteiger partial charge in [0.2, 0.25) is 0 Å². The van der Waals surface area contributed by atoms with Crippen LogP contribution in [0.4, 0.5) is 0 Å². The largest absolute Gasteiger partial charge is 0.303 e. The van der Waals surface area contributed by atoms with Crippen LogP contribution >= 0.6 is 0 Å². The summed E-state index contributed by atoms with van der Waals surface area (Å²) in [5.41, 5.74) is 0. The molecule has 0 aromatic carbocycles. The van der Waals surface area contributed by atoms with E-state index in [4.69, 9.17) is 6.85 Å². The van der Waals surface area contributed by atoms with E-state index >= 15 is 0 Å². The van der Waals surface area contributed by atoms with Gasteiger partial charge in [-0.3, -0.25) is 0 Å². The Morgan fingerprint density at radius 3 is 3.00 bits per heavy atom. The molecule has 5 heavy (non-hydrogen) atoms. The van der Waals surface area contributed by atoms with Crippen LogP contribution in [0.3, 0.4) is 0 Å². The summed E-state index contributed by atoms with van der Waals surface area (Å²) >= 11 is 0. The van der Waals surface area contributed by atoms with Gasteiger partial charge in [0.05, 0.1) is 0 Å². The smallest absolute Gasteiger partial charge is 0.119 e. The van der Waals surface area contributed by atoms with Crippen molar-refractivity contribution in [2.24, 2.45) is 0 Å². The van der Waals surface area contributed by atoms with Crippen molar-refractivity contribution in [1.29, 1.82) is 0 Å². The standard InChI is InChI=1S/C4H8O/c1-2-3-4-5/h4H,2-3H2,1H3/i2D2,3D2,4D. The molecular weight excluding hydrogens is 64.0 g/mol. The average molecular weight is 77.1 g/mol. The van der Waals surface area contributed by atoms with Crippen molar-refractivity contribution in [3.63, 3.8) is 0 Å². The maximum atomic E-state index is 10.2. The molecule has 0 aromatic rings. The minimum atomic E-state index is -2.70. The van der Waals surface area contributed by atoms with Gasteiger partial charge in [0.15, 0.2) is 0 Å². The first-order chi connectivity index (χ1) is 4.19. The summed E-state index contributed by atoms with van der Waals surface area (Å²) in [4.78, 5) is 10.2. The van der Waals surface area contributed by atoms with E-state index in [9.17, 15) is 4.79 Å². The first kappa shape index (κ1) is 0.837. The predicted octanol–water partition coefficient (Wildman–Crippen LogP) is 0.985. The molecule has 0 aliphatic carbocycles. The van der Waals surface area contributed by atoms with Gasteiger partial charge in [-0.25, -0.2) is 0 Å². The number of carbonyl (C=O) groups excluding carboxylic acids is 1. The van der Waals surface area contributed by atoms with Gasteiger partial charge in [-0.15, -0.1) is 0 Å². The molecule has 0 N–H and O–H groups in total. The van der Waals surface area contributed by atoms with Crippen LogP contribution in [0.1, 0.15) is 26.5 Å². The molecule has 1 heteroatoms. The Bertz CT molecular complexity index is 146. The third-order valence-corrected chi connectivity index (χ3v) is 0.176. The van der Waals surface area contributed by atoms with Crippen LogP contribution in [0.2, 0.25) is 0 Å². The topological polar surface area (TPSA) is 17.1 Å². The molecule has 0 fully saturated rings. The number of rotatable bonds is 2. The van der Waals surface area contributed by atoms with Crippen molar-refractivity contribution in [3.8, 4) is 0 Å². The summed E-state index contributed by atoms with van der Waals surface area (Å²) in [5.74, 6) is 0. The lowest BCUT2D eigenvalue weighted by Gasteiger charge is -1.68. The zero-order valence-electron chi connectivity index (χ0n) is 7.91. The molecule has 0 spiro atoms. The van der Waals surface area contributed by atoms with Gasteiger partial charge in [0, 0.05) is 11.9 Å². The van der Waals surface area contributed by atoms with Crippen molar-refractivity contribution in [1.82, 2.24) is 0 Å². The molecule has 0 aliphatic heterocycles. The van der Waals surface area contributed by atoms with Crippen molar-refractivity contribution < 1.29 is 11.6 Å². The normalized spacial score (nSPS) is 27.8. The summed E-state index contributed by atoms with van der Waals surface area (Å²) in [5, 5.41) is 0. The lowest BCUT2D eigenvalue weighted by molar-refractivity contribution is -0.107. The second-order valence-electron chi connectivity index (χ2n) is 0.477. The molecule has 0 saturated heterocycles. The van der Waals surface area contributed by atoms with E-state index < -0.39 is 19.0 Å². The minimum absolute atomic E-state index is 0.930. The molecule has 0 atom stereocenters. The van der Waals surface area contributed by atoms with Crippen LogP contribution in [0, 0.1) is 0 Å². The maximum absolute atomic E-state index is 10.2. The highest BCUT2D eigenvalue weighted by Crippen LogP contribution is 1.74. The van der Waals surface area contributed by atoms with E-state index in [1.807, 2.05) is 0 Å². The van der Waals surface area contributed by atoms with Gasteiger partial charge in [-0.2, -0.15) is 0 Å². The van der Waals surface area contributed by atoms with Crippen LogP contribution in [0.5, 0.6) is 0 Å². The number of hydrogen-bond donors (Lipinski definition) is 0. The highest BCUT2D eigenvalue weighted by molar-refractivity contribution is 5.48. The van der Waals surface area contributed by atoms with E-state index in [1.54, 1.807) is 0 Å². The van der Waals surface area contributed by atoms with E-state index in [-0.39, 0.29) is 0 Å². The highest BCUT2D eigenvalue weighted by atomic mass is 16.1. The van der Waals surface area contributed by atoms with Gasteiger partial charge in [-0.05, 0) is 6.37 Å². The zero-order valence-corrected chi connectivity index (χ0v) is 2.91. The fourth-order valence-corrected chi connectivity index (χ4v) is 0.0510. The molecule has 0 radical (unpaired) electrons. The van der Waals surface area contributed by atoms with Gasteiger partial charge in [0.1, 0.15) is 7.63 Å². The van der Waals surface area contributed by atoms with E-state index in [1.165, 1.54) is 0 Å². The number of aldehydes is 1. The van der Waals surface area contributed by atoms with E-state index in [2.05, 4.69) is 0 Å². The molecule has 30 valence electrons. The lowest BCUT2D eigenvalue weighted by Crippen LogP contribution is -1.64. The Morgan fingerprint density at radius 2 is 3.00 bits per heavy atom. The van der Waals surface area contributed by atoms with Gasteiger partial charge in [0.25, 0.3) is 0 Å². The Labute approximate surface area is 39.0 Å². The van der Waals surface area contributed by atoms with Gasteiger partial charge in [-0.1, -0.05) is 6.92 Å². The average Bonchev–Trinajstić information content (AvgIpc) is 1.62. The Kier molecular flexibility index (Phi) is 0.614. The summed E-state index contributed by atoms with van der Waals surface area (Å²) in [7, 11) is 0. The first-order valence-corrected chi connectivity index (χ1v) is 1.20.